The lowest BCUT2D eigenvalue weighted by Gasteiger charge is -2.19. The summed E-state index contributed by atoms with van der Waals surface area (Å²) in [7, 11) is 0. The van der Waals surface area contributed by atoms with Crippen LogP contribution < -0.4 is 11.1 Å². The first-order chi connectivity index (χ1) is 9.81. The van der Waals surface area contributed by atoms with E-state index in [0.717, 1.165) is 4.90 Å². The first-order valence-electron chi connectivity index (χ1n) is 6.86. The Labute approximate surface area is 123 Å². The third-order valence-electron chi connectivity index (χ3n) is 3.69. The molecule has 2 rings (SSSR count). The Hall–Kier alpha value is -2.37. The summed E-state index contributed by atoms with van der Waals surface area (Å²) >= 11 is 0. The van der Waals surface area contributed by atoms with E-state index in [1.807, 2.05) is 20.8 Å². The zero-order chi connectivity index (χ0) is 15.7. The van der Waals surface area contributed by atoms with E-state index < -0.39 is 11.8 Å². The minimum Gasteiger partial charge on any atom is -0.399 e. The maximum Gasteiger partial charge on any atom is 0.262 e. The second kappa shape index (κ2) is 5.55. The first-order valence-corrected chi connectivity index (χ1v) is 6.86. The predicted octanol–water partition coefficient (Wildman–Crippen LogP) is 1.03. The van der Waals surface area contributed by atoms with Crippen molar-refractivity contribution in [3.63, 3.8) is 0 Å². The monoisotopic (exact) mass is 289 g/mol. The Morgan fingerprint density at radius 1 is 1.19 bits per heavy atom. The molecule has 112 valence electrons. The molecule has 6 nitrogen and oxygen atoms in total. The van der Waals surface area contributed by atoms with Crippen molar-refractivity contribution in [2.75, 3.05) is 12.3 Å². The second-order valence-electron chi connectivity index (χ2n) is 5.60. The highest BCUT2D eigenvalue weighted by Crippen LogP contribution is 2.24. The van der Waals surface area contributed by atoms with Crippen molar-refractivity contribution < 1.29 is 14.4 Å². The Morgan fingerprint density at radius 3 is 2.43 bits per heavy atom. The summed E-state index contributed by atoms with van der Waals surface area (Å²) in [5, 5.41) is 2.78. The van der Waals surface area contributed by atoms with E-state index >= 15 is 0 Å². The Morgan fingerprint density at radius 2 is 1.81 bits per heavy atom. The lowest BCUT2D eigenvalue weighted by molar-refractivity contribution is -0.122. The molecule has 1 atom stereocenters. The number of nitrogens with one attached hydrogen (secondary N) is 1. The van der Waals surface area contributed by atoms with E-state index in [4.69, 9.17) is 5.73 Å². The maximum atomic E-state index is 12.2. The standard InChI is InChI=1S/C15H19N3O3/c1-8(2)9(3)17-13(19)7-18-14(20)11-5-4-10(16)6-12(11)15(18)21/h4-6,8-9H,7,16H2,1-3H3,(H,17,19). The van der Waals surface area contributed by atoms with Gasteiger partial charge in [0.1, 0.15) is 6.54 Å². The van der Waals surface area contributed by atoms with Crippen molar-refractivity contribution in [3.8, 4) is 0 Å². The number of anilines is 1. The highest BCUT2D eigenvalue weighted by Gasteiger charge is 2.36. The normalized spacial score (nSPS) is 15.3. The highest BCUT2D eigenvalue weighted by molar-refractivity contribution is 6.22. The van der Waals surface area contributed by atoms with Gasteiger partial charge in [0.25, 0.3) is 11.8 Å². The van der Waals surface area contributed by atoms with E-state index in [-0.39, 0.29) is 30.0 Å². The maximum absolute atomic E-state index is 12.2. The molecule has 1 aromatic rings. The topological polar surface area (TPSA) is 92.5 Å². The summed E-state index contributed by atoms with van der Waals surface area (Å²) in [6, 6.07) is 4.52. The number of fused-ring (bicyclic) bond motifs is 1. The zero-order valence-electron chi connectivity index (χ0n) is 12.3. The van der Waals surface area contributed by atoms with Crippen LogP contribution in [0.3, 0.4) is 0 Å². The van der Waals surface area contributed by atoms with E-state index in [1.165, 1.54) is 12.1 Å². The second-order valence-corrected chi connectivity index (χ2v) is 5.60. The van der Waals surface area contributed by atoms with E-state index in [2.05, 4.69) is 5.32 Å². The minimum atomic E-state index is -0.477. The van der Waals surface area contributed by atoms with Crippen molar-refractivity contribution in [2.24, 2.45) is 5.92 Å². The number of carbonyl (C=O) groups is 3. The first kappa shape index (κ1) is 15.0. The molecule has 1 aromatic carbocycles. The number of hydrogen-bond acceptors (Lipinski definition) is 4. The highest BCUT2D eigenvalue weighted by atomic mass is 16.2. The van der Waals surface area contributed by atoms with Crippen molar-refractivity contribution in [1.29, 1.82) is 0 Å². The SMILES string of the molecule is CC(C)C(C)NC(=O)CN1C(=O)c2ccc(N)cc2C1=O. The van der Waals surface area contributed by atoms with Gasteiger partial charge in [0.05, 0.1) is 11.1 Å². The molecule has 1 aliphatic rings. The fourth-order valence-corrected chi connectivity index (χ4v) is 2.06. The molecule has 0 aliphatic carbocycles. The number of amides is 3. The quantitative estimate of drug-likeness (QED) is 0.639. The number of benzene rings is 1. The lowest BCUT2D eigenvalue weighted by atomic mass is 10.1. The zero-order valence-corrected chi connectivity index (χ0v) is 12.3. The summed E-state index contributed by atoms with van der Waals surface area (Å²) in [6.45, 7) is 5.57. The molecule has 0 fully saturated rings. The molecular formula is C15H19N3O3. The number of imide groups is 1. The Balaban J connectivity index is 2.11. The van der Waals surface area contributed by atoms with Crippen LogP contribution in [-0.4, -0.2) is 35.2 Å². The molecule has 0 saturated carbocycles. The van der Waals surface area contributed by atoms with Crippen LogP contribution in [0, 0.1) is 5.92 Å². The summed E-state index contributed by atoms with van der Waals surface area (Å²) in [4.78, 5) is 37.2. The number of nitrogen functional groups attached to an aromatic ring is 1. The molecule has 3 amide bonds. The van der Waals surface area contributed by atoms with Crippen LogP contribution in [0.5, 0.6) is 0 Å². The molecular weight excluding hydrogens is 270 g/mol. The van der Waals surface area contributed by atoms with Crippen LogP contribution >= 0.6 is 0 Å². The minimum absolute atomic E-state index is 0.0247. The largest absolute Gasteiger partial charge is 0.399 e. The summed E-state index contributed by atoms with van der Waals surface area (Å²) < 4.78 is 0. The van der Waals surface area contributed by atoms with Gasteiger partial charge in [-0.25, -0.2) is 0 Å². The molecule has 6 heteroatoms. The van der Waals surface area contributed by atoms with Crippen LogP contribution in [0.15, 0.2) is 18.2 Å². The average molecular weight is 289 g/mol. The van der Waals surface area contributed by atoms with Gasteiger partial charge >= 0.3 is 0 Å². The average Bonchev–Trinajstić information content (AvgIpc) is 2.63. The number of hydrogen-bond donors (Lipinski definition) is 2. The van der Waals surface area contributed by atoms with E-state index in [0.29, 0.717) is 11.3 Å². The van der Waals surface area contributed by atoms with Gasteiger partial charge in [0, 0.05) is 11.7 Å². The number of nitrogens with zero attached hydrogens (tertiary/aromatic N) is 1. The summed E-state index contributed by atoms with van der Waals surface area (Å²) in [6.07, 6.45) is 0. The number of rotatable bonds is 4. The van der Waals surface area contributed by atoms with Gasteiger partial charge in [-0.05, 0) is 31.0 Å². The van der Waals surface area contributed by atoms with Gasteiger partial charge in [-0.2, -0.15) is 0 Å². The molecule has 0 bridgehead atoms. The molecule has 0 saturated heterocycles. The van der Waals surface area contributed by atoms with Gasteiger partial charge in [-0.1, -0.05) is 13.8 Å². The smallest absolute Gasteiger partial charge is 0.262 e. The van der Waals surface area contributed by atoms with Crippen LogP contribution in [0.25, 0.3) is 0 Å². The predicted molar refractivity (Wildman–Crippen MR) is 78.7 cm³/mol. The molecule has 21 heavy (non-hydrogen) atoms. The van der Waals surface area contributed by atoms with E-state index in [9.17, 15) is 14.4 Å². The van der Waals surface area contributed by atoms with Crippen LogP contribution in [0.4, 0.5) is 5.69 Å². The molecule has 3 N–H and O–H groups in total. The van der Waals surface area contributed by atoms with Crippen molar-refractivity contribution >= 4 is 23.4 Å². The Bertz CT molecular complexity index is 610. The molecule has 0 aromatic heterocycles. The van der Waals surface area contributed by atoms with Gasteiger partial charge in [0.2, 0.25) is 5.91 Å². The van der Waals surface area contributed by atoms with Gasteiger partial charge < -0.3 is 11.1 Å². The molecule has 0 radical (unpaired) electrons. The van der Waals surface area contributed by atoms with Crippen molar-refractivity contribution in [2.45, 2.75) is 26.8 Å². The molecule has 0 spiro atoms. The number of nitrogens with two attached hydrogens (primary N) is 1. The van der Waals surface area contributed by atoms with Crippen LogP contribution in [-0.2, 0) is 4.79 Å². The molecule has 1 unspecified atom stereocenters. The number of carbonyl (C=O) groups excluding carboxylic acids is 3. The fourth-order valence-electron chi connectivity index (χ4n) is 2.06. The van der Waals surface area contributed by atoms with Gasteiger partial charge in [-0.15, -0.1) is 0 Å². The molecule has 1 heterocycles. The third-order valence-corrected chi connectivity index (χ3v) is 3.69. The summed E-state index contributed by atoms with van der Waals surface area (Å²) in [5.41, 5.74) is 6.58. The van der Waals surface area contributed by atoms with E-state index in [1.54, 1.807) is 6.07 Å². The molecule has 1 aliphatic heterocycles. The van der Waals surface area contributed by atoms with Crippen LogP contribution in [0.2, 0.25) is 0 Å². The summed E-state index contributed by atoms with van der Waals surface area (Å²) in [5.74, 6) is -1.01. The fraction of sp³-hybridized carbons (Fsp3) is 0.400. The van der Waals surface area contributed by atoms with Crippen molar-refractivity contribution in [3.05, 3.63) is 29.3 Å². The third kappa shape index (κ3) is 2.89. The van der Waals surface area contributed by atoms with Crippen LogP contribution in [0.1, 0.15) is 41.5 Å². The Kier molecular flexibility index (Phi) is 3.97. The lowest BCUT2D eigenvalue weighted by Crippen LogP contribution is -2.44. The van der Waals surface area contributed by atoms with Gasteiger partial charge in [0.15, 0.2) is 0 Å². The van der Waals surface area contributed by atoms with Crippen molar-refractivity contribution in [1.82, 2.24) is 10.2 Å². The van der Waals surface area contributed by atoms with Gasteiger partial charge in [-0.3, -0.25) is 19.3 Å².